The van der Waals surface area contributed by atoms with E-state index in [4.69, 9.17) is 11.6 Å². The summed E-state index contributed by atoms with van der Waals surface area (Å²) in [6.07, 6.45) is -2.34. The number of carbonyl (C=O) groups is 2. The van der Waals surface area contributed by atoms with Crippen LogP contribution in [0.4, 0.5) is 27.1 Å². The van der Waals surface area contributed by atoms with E-state index in [1.165, 1.54) is 24.5 Å². The summed E-state index contributed by atoms with van der Waals surface area (Å²) in [6, 6.07) is 5.39. The van der Waals surface area contributed by atoms with Crippen molar-refractivity contribution < 1.29 is 36.3 Å². The number of amides is 2. The lowest BCUT2D eigenvalue weighted by molar-refractivity contribution is -0.274. The molecule has 6 N–H and O–H groups in total. The van der Waals surface area contributed by atoms with Gasteiger partial charge in [-0.05, 0) is 36.8 Å². The molecule has 0 radical (unpaired) electrons. The van der Waals surface area contributed by atoms with Crippen LogP contribution in [0.25, 0.3) is 0 Å². The first-order valence-corrected chi connectivity index (χ1v) is 12.2. The van der Waals surface area contributed by atoms with Crippen molar-refractivity contribution in [1.82, 2.24) is 25.5 Å². The van der Waals surface area contributed by atoms with E-state index in [0.29, 0.717) is 10.6 Å². The zero-order chi connectivity index (χ0) is 29.3. The van der Waals surface area contributed by atoms with Crippen LogP contribution in [0.1, 0.15) is 27.3 Å². The van der Waals surface area contributed by atoms with Crippen LogP contribution in [0.5, 0.6) is 5.75 Å². The van der Waals surface area contributed by atoms with Gasteiger partial charge >= 0.3 is 6.36 Å². The van der Waals surface area contributed by atoms with Crippen molar-refractivity contribution in [3.05, 3.63) is 76.6 Å². The second-order valence-corrected chi connectivity index (χ2v) is 9.15. The molecular weight excluding hydrogens is 563 g/mol. The lowest BCUT2D eigenvalue weighted by Crippen LogP contribution is -2.36. The summed E-state index contributed by atoms with van der Waals surface area (Å²) < 4.78 is 69.2. The fraction of sp³-hybridized carbons (Fsp3) is 0.261. The average Bonchev–Trinajstić information content (AvgIpc) is 3.34. The van der Waals surface area contributed by atoms with Crippen molar-refractivity contribution in [3.63, 3.8) is 0 Å². The lowest BCUT2D eigenvalue weighted by Gasteiger charge is -2.17. The van der Waals surface area contributed by atoms with Gasteiger partial charge in [-0.2, -0.15) is 0 Å². The Morgan fingerprint density at radius 2 is 1.90 bits per heavy atom. The number of hydrogen-bond donors (Lipinski definition) is 4. The molecule has 2 aromatic heterocycles. The number of aromatic nitrogens is 3. The molecule has 1 unspecified atom stereocenters. The van der Waals surface area contributed by atoms with Gasteiger partial charge in [0, 0.05) is 42.7 Å². The Kier molecular flexibility index (Phi) is 10.3. The Hall–Kier alpha value is -4.38. The van der Waals surface area contributed by atoms with E-state index in [2.05, 4.69) is 30.6 Å². The van der Waals surface area contributed by atoms with Crippen LogP contribution in [-0.2, 0) is 17.8 Å². The van der Waals surface area contributed by atoms with E-state index in [-0.39, 0.29) is 30.1 Å². The zero-order valence-corrected chi connectivity index (χ0v) is 21.3. The molecule has 2 heterocycles. The molecule has 0 aliphatic carbocycles. The number of benzene rings is 1. The molecule has 40 heavy (non-hydrogen) atoms. The Morgan fingerprint density at radius 1 is 1.18 bits per heavy atom. The highest BCUT2D eigenvalue weighted by molar-refractivity contribution is 7.15. The maximum atomic E-state index is 14.5. The van der Waals surface area contributed by atoms with Crippen molar-refractivity contribution in [2.45, 2.75) is 31.9 Å². The van der Waals surface area contributed by atoms with Crippen molar-refractivity contribution >= 4 is 28.3 Å². The van der Waals surface area contributed by atoms with Gasteiger partial charge in [0.2, 0.25) is 5.13 Å². The van der Waals surface area contributed by atoms with Crippen LogP contribution in [0.3, 0.4) is 0 Å². The third-order valence-corrected chi connectivity index (χ3v) is 5.87. The third kappa shape index (κ3) is 9.73. The number of rotatable bonds is 12. The number of ether oxygens (including phenoxy) is 1. The number of halogens is 5. The van der Waals surface area contributed by atoms with Gasteiger partial charge in [0.15, 0.2) is 0 Å². The summed E-state index contributed by atoms with van der Waals surface area (Å²) in [5.41, 5.74) is 5.30. The molecule has 0 aliphatic rings. The molecule has 2 amide bonds. The standard InChI is InChI=1S/C23H23F5N8O3S/c24-15(1-4-19-34-35-22(40-19)33-20(37)13-5-7-31-8-6-13)11-36(30)12-18(29)21(38)32-10-14-9-16(2-3-17(14)25)39-23(26,27)28/h2-3,5-9,12,15H,1,4,10-11,29-30H2,(H,32,38)(H,33,35,37)/b18-12-. The fourth-order valence-corrected chi connectivity index (χ4v) is 3.88. The predicted molar refractivity (Wildman–Crippen MR) is 133 cm³/mol. The SMILES string of the molecule is N/C(=C\N(N)CC(F)CCc1nnc(NC(=O)c2ccncc2)s1)C(=O)NCc1cc(OC(F)(F)F)ccc1F. The number of hydrogen-bond acceptors (Lipinski definition) is 10. The summed E-state index contributed by atoms with van der Waals surface area (Å²) in [7, 11) is 0. The minimum absolute atomic E-state index is 0.00378. The van der Waals surface area contributed by atoms with Gasteiger partial charge < -0.3 is 20.8 Å². The Bertz CT molecular complexity index is 1340. The second-order valence-electron chi connectivity index (χ2n) is 8.09. The smallest absolute Gasteiger partial charge is 0.406 e. The molecule has 17 heteroatoms. The van der Waals surface area contributed by atoms with E-state index in [0.717, 1.165) is 40.7 Å². The average molecular weight is 587 g/mol. The van der Waals surface area contributed by atoms with Gasteiger partial charge in [-0.15, -0.1) is 23.4 Å². The van der Waals surface area contributed by atoms with Gasteiger partial charge in [0.05, 0.1) is 6.54 Å². The number of nitrogens with two attached hydrogens (primary N) is 2. The van der Waals surface area contributed by atoms with Gasteiger partial charge in [0.25, 0.3) is 11.8 Å². The molecule has 0 saturated heterocycles. The van der Waals surface area contributed by atoms with E-state index in [1.54, 1.807) is 0 Å². The van der Waals surface area contributed by atoms with Crippen molar-refractivity contribution in [1.29, 1.82) is 0 Å². The largest absolute Gasteiger partial charge is 0.573 e. The normalized spacial score (nSPS) is 12.5. The summed E-state index contributed by atoms with van der Waals surface area (Å²) >= 11 is 1.08. The highest BCUT2D eigenvalue weighted by Gasteiger charge is 2.31. The molecule has 1 atom stereocenters. The molecule has 0 spiro atoms. The summed E-state index contributed by atoms with van der Waals surface area (Å²) in [4.78, 5) is 28.2. The number of aryl methyl sites for hydroxylation is 1. The maximum absolute atomic E-state index is 14.5. The zero-order valence-electron chi connectivity index (χ0n) is 20.5. The molecule has 0 bridgehead atoms. The lowest BCUT2D eigenvalue weighted by atomic mass is 10.2. The van der Waals surface area contributed by atoms with Crippen molar-refractivity contribution in [2.75, 3.05) is 11.9 Å². The summed E-state index contributed by atoms with van der Waals surface area (Å²) in [6.45, 7) is -0.846. The monoisotopic (exact) mass is 586 g/mol. The topological polar surface area (TPSA) is 161 Å². The van der Waals surface area contributed by atoms with Crippen LogP contribution in [0.2, 0.25) is 0 Å². The first-order chi connectivity index (χ1) is 18.9. The van der Waals surface area contributed by atoms with Crippen molar-refractivity contribution in [3.8, 4) is 5.75 Å². The van der Waals surface area contributed by atoms with Gasteiger partial charge in [-0.3, -0.25) is 19.9 Å². The minimum atomic E-state index is -4.97. The molecule has 0 saturated carbocycles. The van der Waals surface area contributed by atoms with E-state index < -0.39 is 48.2 Å². The second kappa shape index (κ2) is 13.6. The molecule has 3 aromatic rings. The maximum Gasteiger partial charge on any atom is 0.573 e. The van der Waals surface area contributed by atoms with Gasteiger partial charge in [0.1, 0.15) is 28.4 Å². The van der Waals surface area contributed by atoms with E-state index in [1.807, 2.05) is 0 Å². The highest BCUT2D eigenvalue weighted by atomic mass is 32.1. The Labute approximate surface area is 228 Å². The molecule has 1 aromatic carbocycles. The number of pyridine rings is 1. The van der Waals surface area contributed by atoms with Gasteiger partial charge in [-0.25, -0.2) is 14.6 Å². The van der Waals surface area contributed by atoms with Gasteiger partial charge in [-0.1, -0.05) is 11.3 Å². The minimum Gasteiger partial charge on any atom is -0.406 e. The highest BCUT2D eigenvalue weighted by Crippen LogP contribution is 2.24. The van der Waals surface area contributed by atoms with Crippen LogP contribution in [-0.4, -0.2) is 51.1 Å². The summed E-state index contributed by atoms with van der Waals surface area (Å²) in [5.74, 6) is 2.85. The fourth-order valence-electron chi connectivity index (χ4n) is 3.13. The molecular formula is C23H23F5N8O3S. The van der Waals surface area contributed by atoms with Crippen LogP contribution in [0, 0.1) is 5.82 Å². The predicted octanol–water partition coefficient (Wildman–Crippen LogP) is 2.79. The summed E-state index contributed by atoms with van der Waals surface area (Å²) in [5, 5.41) is 14.2. The number of hydrazine groups is 1. The number of nitrogens with zero attached hydrogens (tertiary/aromatic N) is 4. The van der Waals surface area contributed by atoms with Crippen LogP contribution < -0.4 is 26.9 Å². The first-order valence-electron chi connectivity index (χ1n) is 11.4. The number of nitrogens with one attached hydrogen (secondary N) is 2. The molecule has 0 fully saturated rings. The van der Waals surface area contributed by atoms with Crippen molar-refractivity contribution in [2.24, 2.45) is 11.6 Å². The quantitative estimate of drug-likeness (QED) is 0.108. The molecule has 11 nitrogen and oxygen atoms in total. The first kappa shape index (κ1) is 30.2. The van der Waals surface area contributed by atoms with Crippen LogP contribution in [0.15, 0.2) is 54.6 Å². The molecule has 214 valence electrons. The Balaban J connectivity index is 1.44. The van der Waals surface area contributed by atoms with E-state index >= 15 is 0 Å². The third-order valence-electron chi connectivity index (χ3n) is 4.97. The number of anilines is 1. The number of carbonyl (C=O) groups excluding carboxylic acids is 2. The number of alkyl halides is 4. The van der Waals surface area contributed by atoms with E-state index in [9.17, 15) is 31.5 Å². The van der Waals surface area contributed by atoms with Crippen LogP contribution >= 0.6 is 11.3 Å². The molecule has 3 rings (SSSR count). The Morgan fingerprint density at radius 3 is 2.60 bits per heavy atom. The molecule has 0 aliphatic heterocycles.